The topological polar surface area (TPSA) is 120 Å². The first-order valence-corrected chi connectivity index (χ1v) is 11.8. The van der Waals surface area contributed by atoms with E-state index in [-0.39, 0.29) is 30.2 Å². The predicted molar refractivity (Wildman–Crippen MR) is 133 cm³/mol. The van der Waals surface area contributed by atoms with Gasteiger partial charge in [0.15, 0.2) is 0 Å². The standard InChI is InChI=1S/C27H24N4O3S/c1-34-27(33)22-16-31(15-21(22)17-8-6-9-18(13-17)25(29)30)26(32)20-10-3-5-12-24(20)35-23-11-4-2-7-19(23)14-28/h2-13,21-22H,15-16H2,1H3,(H3,29,30)/t21-,22+/m1/s1. The van der Waals surface area contributed by atoms with Crippen LogP contribution in [0.3, 0.4) is 0 Å². The zero-order chi connectivity index (χ0) is 24.9. The molecule has 0 unspecified atom stereocenters. The fourth-order valence-electron chi connectivity index (χ4n) is 4.30. The number of methoxy groups -OCH3 is 1. The van der Waals surface area contributed by atoms with E-state index >= 15 is 0 Å². The molecule has 3 N–H and O–H groups in total. The number of amidine groups is 1. The molecule has 1 amide bonds. The number of hydrogen-bond donors (Lipinski definition) is 2. The molecule has 0 spiro atoms. The van der Waals surface area contributed by atoms with Crippen LogP contribution in [0.2, 0.25) is 0 Å². The third-order valence-electron chi connectivity index (χ3n) is 6.08. The smallest absolute Gasteiger partial charge is 0.311 e. The molecule has 35 heavy (non-hydrogen) atoms. The van der Waals surface area contributed by atoms with E-state index in [4.69, 9.17) is 15.9 Å². The van der Waals surface area contributed by atoms with Gasteiger partial charge in [0.2, 0.25) is 0 Å². The van der Waals surface area contributed by atoms with Gasteiger partial charge in [-0.25, -0.2) is 0 Å². The molecule has 2 atom stereocenters. The summed E-state index contributed by atoms with van der Waals surface area (Å²) in [5.41, 5.74) is 8.10. The summed E-state index contributed by atoms with van der Waals surface area (Å²) in [4.78, 5) is 29.5. The van der Waals surface area contributed by atoms with Crippen molar-refractivity contribution in [1.82, 2.24) is 4.90 Å². The van der Waals surface area contributed by atoms with Gasteiger partial charge in [-0.2, -0.15) is 5.26 Å². The Morgan fingerprint density at radius 1 is 1.06 bits per heavy atom. The highest BCUT2D eigenvalue weighted by Crippen LogP contribution is 2.37. The predicted octanol–water partition coefficient (Wildman–Crippen LogP) is 4.02. The molecule has 176 valence electrons. The number of rotatable bonds is 6. The van der Waals surface area contributed by atoms with Crippen LogP contribution in [-0.4, -0.2) is 42.8 Å². The molecule has 8 heteroatoms. The minimum atomic E-state index is -0.537. The first-order valence-electron chi connectivity index (χ1n) is 11.0. The number of amides is 1. The molecule has 0 aliphatic carbocycles. The fourth-order valence-corrected chi connectivity index (χ4v) is 5.32. The molecular formula is C27H24N4O3S. The molecule has 1 aliphatic rings. The van der Waals surface area contributed by atoms with Gasteiger partial charge in [0.1, 0.15) is 11.9 Å². The Morgan fingerprint density at radius 3 is 2.49 bits per heavy atom. The quantitative estimate of drug-likeness (QED) is 0.310. The zero-order valence-corrected chi connectivity index (χ0v) is 19.9. The highest BCUT2D eigenvalue weighted by molar-refractivity contribution is 7.99. The van der Waals surface area contributed by atoms with Gasteiger partial charge >= 0.3 is 5.97 Å². The van der Waals surface area contributed by atoms with Gasteiger partial charge in [-0.3, -0.25) is 15.0 Å². The van der Waals surface area contributed by atoms with Crippen molar-refractivity contribution in [2.75, 3.05) is 20.2 Å². The van der Waals surface area contributed by atoms with Gasteiger partial charge in [-0.15, -0.1) is 0 Å². The molecule has 1 aliphatic heterocycles. The van der Waals surface area contributed by atoms with Crippen LogP contribution >= 0.6 is 11.8 Å². The van der Waals surface area contributed by atoms with Crippen molar-refractivity contribution in [2.24, 2.45) is 11.7 Å². The van der Waals surface area contributed by atoms with Crippen LogP contribution in [0.25, 0.3) is 0 Å². The first-order chi connectivity index (χ1) is 16.9. The summed E-state index contributed by atoms with van der Waals surface area (Å²) in [6, 6.07) is 23.9. The van der Waals surface area contributed by atoms with E-state index in [9.17, 15) is 14.9 Å². The Morgan fingerprint density at radius 2 is 1.77 bits per heavy atom. The van der Waals surface area contributed by atoms with E-state index < -0.39 is 5.92 Å². The normalized spacial score (nSPS) is 17.0. The molecular weight excluding hydrogens is 460 g/mol. The summed E-state index contributed by atoms with van der Waals surface area (Å²) in [6.45, 7) is 0.544. The van der Waals surface area contributed by atoms with Gasteiger partial charge in [0.05, 0.1) is 24.2 Å². The summed E-state index contributed by atoms with van der Waals surface area (Å²) >= 11 is 1.37. The lowest BCUT2D eigenvalue weighted by molar-refractivity contribution is -0.145. The summed E-state index contributed by atoms with van der Waals surface area (Å²) < 4.78 is 5.05. The Hall–Kier alpha value is -4.09. The molecule has 1 saturated heterocycles. The molecule has 1 heterocycles. The van der Waals surface area contributed by atoms with Gasteiger partial charge < -0.3 is 15.4 Å². The van der Waals surface area contributed by atoms with Crippen molar-refractivity contribution in [3.05, 3.63) is 95.1 Å². The highest BCUT2D eigenvalue weighted by Gasteiger charge is 2.41. The lowest BCUT2D eigenvalue weighted by atomic mass is 9.88. The first kappa shape index (κ1) is 24.0. The molecule has 3 aromatic rings. The number of carbonyl (C=O) groups excluding carboxylic acids is 2. The number of nitrogen functional groups attached to an aromatic ring is 1. The third kappa shape index (κ3) is 5.05. The maximum Gasteiger partial charge on any atom is 0.311 e. The van der Waals surface area contributed by atoms with E-state index in [1.54, 1.807) is 47.4 Å². The van der Waals surface area contributed by atoms with Gasteiger partial charge in [-0.05, 0) is 35.9 Å². The average molecular weight is 485 g/mol. The van der Waals surface area contributed by atoms with Gasteiger partial charge in [-0.1, -0.05) is 54.2 Å². The van der Waals surface area contributed by atoms with Crippen molar-refractivity contribution in [2.45, 2.75) is 15.7 Å². The molecule has 3 aromatic carbocycles. The van der Waals surface area contributed by atoms with Crippen LogP contribution in [0.5, 0.6) is 0 Å². The van der Waals surface area contributed by atoms with Crippen LogP contribution in [0.4, 0.5) is 0 Å². The maximum absolute atomic E-state index is 13.7. The molecule has 0 radical (unpaired) electrons. The van der Waals surface area contributed by atoms with Crippen LogP contribution in [0.1, 0.15) is 33.0 Å². The van der Waals surface area contributed by atoms with Crippen molar-refractivity contribution < 1.29 is 14.3 Å². The minimum Gasteiger partial charge on any atom is -0.469 e. The van der Waals surface area contributed by atoms with Crippen LogP contribution in [0, 0.1) is 22.7 Å². The van der Waals surface area contributed by atoms with Crippen LogP contribution < -0.4 is 5.73 Å². The van der Waals surface area contributed by atoms with E-state index in [1.807, 2.05) is 30.3 Å². The number of hydrogen-bond acceptors (Lipinski definition) is 6. The lowest BCUT2D eigenvalue weighted by Crippen LogP contribution is -2.30. The summed E-state index contributed by atoms with van der Waals surface area (Å²) in [5, 5.41) is 17.2. The van der Waals surface area contributed by atoms with E-state index in [0.29, 0.717) is 23.2 Å². The van der Waals surface area contributed by atoms with E-state index in [1.165, 1.54) is 18.9 Å². The largest absolute Gasteiger partial charge is 0.469 e. The number of esters is 1. The number of carbonyl (C=O) groups is 2. The van der Waals surface area contributed by atoms with Crippen molar-refractivity contribution >= 4 is 29.5 Å². The summed E-state index contributed by atoms with van der Waals surface area (Å²) in [6.07, 6.45) is 0. The molecule has 0 saturated carbocycles. The number of nitrogens with zero attached hydrogens (tertiary/aromatic N) is 2. The summed E-state index contributed by atoms with van der Waals surface area (Å²) in [5.74, 6) is -1.46. The number of likely N-dealkylation sites (tertiary alicyclic amines) is 1. The maximum atomic E-state index is 13.7. The Balaban J connectivity index is 1.64. The number of nitriles is 1. The molecule has 4 rings (SSSR count). The lowest BCUT2D eigenvalue weighted by Gasteiger charge is -2.19. The summed E-state index contributed by atoms with van der Waals surface area (Å²) in [7, 11) is 1.34. The number of ether oxygens (including phenoxy) is 1. The Bertz CT molecular complexity index is 1330. The Labute approximate surface area is 208 Å². The Kier molecular flexibility index (Phi) is 7.18. The molecule has 0 bridgehead atoms. The number of nitrogens with two attached hydrogens (primary N) is 1. The highest BCUT2D eigenvalue weighted by atomic mass is 32.2. The van der Waals surface area contributed by atoms with Crippen molar-refractivity contribution in [3.63, 3.8) is 0 Å². The second kappa shape index (κ2) is 10.5. The van der Waals surface area contributed by atoms with Crippen LogP contribution in [-0.2, 0) is 9.53 Å². The fraction of sp³-hybridized carbons (Fsp3) is 0.185. The SMILES string of the molecule is COC(=O)[C@H]1CN(C(=O)c2ccccc2Sc2ccccc2C#N)C[C@@H]1c1cccc(C(=N)N)c1. The second-order valence-electron chi connectivity index (χ2n) is 8.19. The van der Waals surface area contributed by atoms with E-state index in [2.05, 4.69) is 6.07 Å². The van der Waals surface area contributed by atoms with Gasteiger partial charge in [0, 0.05) is 34.4 Å². The molecule has 7 nitrogen and oxygen atoms in total. The van der Waals surface area contributed by atoms with Crippen molar-refractivity contribution in [3.8, 4) is 6.07 Å². The van der Waals surface area contributed by atoms with Gasteiger partial charge in [0.25, 0.3) is 5.91 Å². The van der Waals surface area contributed by atoms with E-state index in [0.717, 1.165) is 15.4 Å². The average Bonchev–Trinajstić information content (AvgIpc) is 3.34. The number of benzene rings is 3. The minimum absolute atomic E-state index is 0.0593. The third-order valence-corrected chi connectivity index (χ3v) is 7.23. The number of nitrogens with one attached hydrogen (secondary N) is 1. The molecule has 0 aromatic heterocycles. The monoisotopic (exact) mass is 484 g/mol. The zero-order valence-electron chi connectivity index (χ0n) is 19.1. The van der Waals surface area contributed by atoms with Crippen molar-refractivity contribution in [1.29, 1.82) is 10.7 Å². The van der Waals surface area contributed by atoms with Crippen LogP contribution in [0.15, 0.2) is 82.6 Å². The second-order valence-corrected chi connectivity index (χ2v) is 9.28. The molecule has 1 fully saturated rings.